The zero-order valence-electron chi connectivity index (χ0n) is 9.97. The molecule has 86 valence electrons. The van der Waals surface area contributed by atoms with Crippen LogP contribution in [0.3, 0.4) is 0 Å². The second kappa shape index (κ2) is 4.01. The summed E-state index contributed by atoms with van der Waals surface area (Å²) in [6.07, 6.45) is 1.23. The largest absolute Gasteiger partial charge is 0.356 e. The Labute approximate surface area is 102 Å². The summed E-state index contributed by atoms with van der Waals surface area (Å²) >= 11 is 0. The average molecular weight is 224 g/mol. The first-order valence-corrected chi connectivity index (χ1v) is 6.15. The first-order valence-electron chi connectivity index (χ1n) is 6.15. The van der Waals surface area contributed by atoms with Crippen molar-refractivity contribution in [2.24, 2.45) is 0 Å². The highest BCUT2D eigenvalue weighted by molar-refractivity contribution is 5.35. The van der Waals surface area contributed by atoms with E-state index in [2.05, 4.69) is 55.5 Å². The molecule has 0 aromatic heterocycles. The third kappa shape index (κ3) is 1.67. The van der Waals surface area contributed by atoms with Crippen molar-refractivity contribution < 1.29 is 4.74 Å². The van der Waals surface area contributed by atoms with E-state index in [0.29, 0.717) is 0 Å². The van der Waals surface area contributed by atoms with Gasteiger partial charge in [0.05, 0.1) is 0 Å². The molecule has 0 amide bonds. The summed E-state index contributed by atoms with van der Waals surface area (Å²) in [4.78, 5) is 0. The van der Waals surface area contributed by atoms with Crippen LogP contribution in [0.15, 0.2) is 60.7 Å². The van der Waals surface area contributed by atoms with Crippen molar-refractivity contribution in [3.63, 3.8) is 0 Å². The van der Waals surface area contributed by atoms with Gasteiger partial charge in [0.15, 0.2) is 0 Å². The lowest BCUT2D eigenvalue weighted by Crippen LogP contribution is -2.08. The van der Waals surface area contributed by atoms with Gasteiger partial charge in [0.1, 0.15) is 11.7 Å². The Kier molecular flexibility index (Phi) is 2.49. The van der Waals surface area contributed by atoms with E-state index in [4.69, 9.17) is 4.74 Å². The quantitative estimate of drug-likeness (QED) is 0.716. The smallest absolute Gasteiger partial charge is 0.124 e. The molecular formula is C16H16O. The Morgan fingerprint density at radius 1 is 0.941 bits per heavy atom. The monoisotopic (exact) mass is 224 g/mol. The van der Waals surface area contributed by atoms with Crippen molar-refractivity contribution in [3.8, 4) is 0 Å². The van der Waals surface area contributed by atoms with Crippen molar-refractivity contribution in [1.82, 2.24) is 0 Å². The minimum absolute atomic E-state index is 0.0946. The van der Waals surface area contributed by atoms with Gasteiger partial charge < -0.3 is 4.74 Å². The fourth-order valence-electron chi connectivity index (χ4n) is 2.55. The first kappa shape index (κ1) is 10.5. The van der Waals surface area contributed by atoms with Gasteiger partial charge in [-0.15, -0.1) is 0 Å². The summed E-state index contributed by atoms with van der Waals surface area (Å²) in [5.41, 5.74) is 2.47. The zero-order valence-corrected chi connectivity index (χ0v) is 9.97. The standard InChI is InChI=1S/C16H16O/c1-2-16(14-11-7-4-8-12-14)15(17-16)13-9-5-3-6-10-13/h3-12,15H,2H2,1H3. The lowest BCUT2D eigenvalue weighted by Gasteiger charge is -2.10. The predicted molar refractivity (Wildman–Crippen MR) is 68.7 cm³/mol. The van der Waals surface area contributed by atoms with Crippen molar-refractivity contribution >= 4 is 0 Å². The average Bonchev–Trinajstić information content (AvgIpc) is 3.17. The van der Waals surface area contributed by atoms with Gasteiger partial charge in [-0.05, 0) is 17.5 Å². The number of benzene rings is 2. The second-order valence-electron chi connectivity index (χ2n) is 4.52. The second-order valence-corrected chi connectivity index (χ2v) is 4.52. The van der Waals surface area contributed by atoms with Gasteiger partial charge in [0.2, 0.25) is 0 Å². The van der Waals surface area contributed by atoms with Gasteiger partial charge in [-0.3, -0.25) is 0 Å². The van der Waals surface area contributed by atoms with E-state index in [-0.39, 0.29) is 11.7 Å². The highest BCUT2D eigenvalue weighted by Gasteiger charge is 2.56. The molecule has 2 aromatic rings. The number of hydrogen-bond donors (Lipinski definition) is 0. The SMILES string of the molecule is CCC1(c2ccccc2)OC1c1ccccc1. The van der Waals surface area contributed by atoms with Crippen LogP contribution in [0, 0.1) is 0 Å². The molecule has 2 unspecified atom stereocenters. The maximum atomic E-state index is 6.03. The molecule has 1 heteroatoms. The summed E-state index contributed by atoms with van der Waals surface area (Å²) in [5, 5.41) is 0. The van der Waals surface area contributed by atoms with Crippen LogP contribution >= 0.6 is 0 Å². The fourth-order valence-corrected chi connectivity index (χ4v) is 2.55. The topological polar surface area (TPSA) is 12.5 Å². The first-order chi connectivity index (χ1) is 8.37. The van der Waals surface area contributed by atoms with Gasteiger partial charge in [-0.25, -0.2) is 0 Å². The van der Waals surface area contributed by atoms with E-state index in [9.17, 15) is 0 Å². The van der Waals surface area contributed by atoms with Crippen LogP contribution in [0.4, 0.5) is 0 Å². The summed E-state index contributed by atoms with van der Waals surface area (Å²) < 4.78 is 6.03. The molecule has 17 heavy (non-hydrogen) atoms. The summed E-state index contributed by atoms with van der Waals surface area (Å²) in [6.45, 7) is 2.19. The van der Waals surface area contributed by atoms with E-state index in [1.54, 1.807) is 0 Å². The van der Waals surface area contributed by atoms with Gasteiger partial charge in [-0.2, -0.15) is 0 Å². The number of ether oxygens (including phenoxy) is 1. The van der Waals surface area contributed by atoms with E-state index < -0.39 is 0 Å². The third-order valence-corrected chi connectivity index (χ3v) is 3.58. The minimum atomic E-state index is -0.0946. The Bertz CT molecular complexity index is 491. The maximum Gasteiger partial charge on any atom is 0.124 e. The molecule has 2 atom stereocenters. The molecule has 0 bridgehead atoms. The van der Waals surface area contributed by atoms with E-state index in [1.807, 2.05) is 12.1 Å². The van der Waals surface area contributed by atoms with Crippen LogP contribution in [0.5, 0.6) is 0 Å². The lowest BCUT2D eigenvalue weighted by atomic mass is 9.90. The molecule has 0 aliphatic carbocycles. The van der Waals surface area contributed by atoms with Crippen molar-refractivity contribution in [1.29, 1.82) is 0 Å². The molecule has 1 aliphatic heterocycles. The molecule has 1 nitrogen and oxygen atoms in total. The lowest BCUT2D eigenvalue weighted by molar-refractivity contribution is 0.290. The van der Waals surface area contributed by atoms with Crippen molar-refractivity contribution in [2.75, 3.05) is 0 Å². The molecule has 1 aliphatic rings. The molecule has 3 rings (SSSR count). The molecule has 1 saturated heterocycles. The van der Waals surface area contributed by atoms with Gasteiger partial charge >= 0.3 is 0 Å². The molecule has 2 aromatic carbocycles. The fraction of sp³-hybridized carbons (Fsp3) is 0.250. The highest BCUT2D eigenvalue weighted by atomic mass is 16.6. The van der Waals surface area contributed by atoms with E-state index in [1.165, 1.54) is 11.1 Å². The predicted octanol–water partition coefficient (Wildman–Crippen LogP) is 4.06. The Morgan fingerprint density at radius 3 is 2.12 bits per heavy atom. The Morgan fingerprint density at radius 2 is 1.53 bits per heavy atom. The van der Waals surface area contributed by atoms with Crippen LogP contribution in [-0.2, 0) is 10.3 Å². The molecule has 0 radical (unpaired) electrons. The van der Waals surface area contributed by atoms with Gasteiger partial charge in [-0.1, -0.05) is 67.6 Å². The van der Waals surface area contributed by atoms with Crippen LogP contribution in [-0.4, -0.2) is 0 Å². The van der Waals surface area contributed by atoms with Gasteiger partial charge in [0, 0.05) is 0 Å². The van der Waals surface area contributed by atoms with E-state index >= 15 is 0 Å². The summed E-state index contributed by atoms with van der Waals surface area (Å²) in [6, 6.07) is 21.0. The third-order valence-electron chi connectivity index (χ3n) is 3.58. The van der Waals surface area contributed by atoms with Crippen LogP contribution in [0.2, 0.25) is 0 Å². The van der Waals surface area contributed by atoms with Crippen LogP contribution in [0.25, 0.3) is 0 Å². The molecule has 1 heterocycles. The van der Waals surface area contributed by atoms with E-state index in [0.717, 1.165) is 6.42 Å². The summed E-state index contributed by atoms with van der Waals surface area (Å²) in [7, 11) is 0. The number of rotatable bonds is 3. The number of hydrogen-bond acceptors (Lipinski definition) is 1. The van der Waals surface area contributed by atoms with Crippen molar-refractivity contribution in [3.05, 3.63) is 71.8 Å². The molecule has 0 spiro atoms. The number of epoxide rings is 1. The normalized spacial score (nSPS) is 26.8. The molecule has 0 N–H and O–H groups in total. The Hall–Kier alpha value is -1.60. The van der Waals surface area contributed by atoms with Gasteiger partial charge in [0.25, 0.3) is 0 Å². The van der Waals surface area contributed by atoms with Crippen LogP contribution in [0.1, 0.15) is 30.6 Å². The maximum absolute atomic E-state index is 6.03. The summed E-state index contributed by atoms with van der Waals surface area (Å²) in [5.74, 6) is 0. The minimum Gasteiger partial charge on any atom is -0.356 e. The Balaban J connectivity index is 1.94. The van der Waals surface area contributed by atoms with Crippen molar-refractivity contribution in [2.45, 2.75) is 25.0 Å². The molecule has 0 saturated carbocycles. The highest BCUT2D eigenvalue weighted by Crippen LogP contribution is 2.58. The molecule has 1 fully saturated rings. The molecular weight excluding hydrogens is 208 g/mol. The zero-order chi connectivity index (χ0) is 11.7. The van der Waals surface area contributed by atoms with Crippen LogP contribution < -0.4 is 0 Å².